The van der Waals surface area contributed by atoms with Crippen LogP contribution in [-0.4, -0.2) is 74.4 Å². The highest BCUT2D eigenvalue weighted by Gasteiger charge is 2.33. The summed E-state index contributed by atoms with van der Waals surface area (Å²) in [5.41, 5.74) is 0.789. The van der Waals surface area contributed by atoms with Gasteiger partial charge >= 0.3 is 5.97 Å². The first kappa shape index (κ1) is 17.4. The quantitative estimate of drug-likeness (QED) is 0.769. The summed E-state index contributed by atoms with van der Waals surface area (Å²) >= 11 is 1.53. The summed E-state index contributed by atoms with van der Waals surface area (Å²) < 4.78 is 0. The lowest BCUT2D eigenvalue weighted by Crippen LogP contribution is -2.51. The number of aromatic amines is 1. The first-order valence-electron chi connectivity index (χ1n) is 7.86. The number of hydrogen-bond donors (Lipinski definition) is 2. The SMILES string of the molecule is CSc1ccccc1C(C(=O)O)N1CCN(C(=O)c2ncn[nH]2)CC1. The number of thioether (sulfide) groups is 1. The van der Waals surface area contributed by atoms with E-state index in [4.69, 9.17) is 0 Å². The summed E-state index contributed by atoms with van der Waals surface area (Å²) in [6.45, 7) is 1.87. The molecule has 3 rings (SSSR count). The first-order valence-corrected chi connectivity index (χ1v) is 9.08. The molecule has 1 aromatic heterocycles. The van der Waals surface area contributed by atoms with Crippen molar-refractivity contribution in [2.75, 3.05) is 32.4 Å². The molecule has 1 unspecified atom stereocenters. The van der Waals surface area contributed by atoms with Gasteiger partial charge in [-0.15, -0.1) is 11.8 Å². The molecule has 0 bridgehead atoms. The second kappa shape index (κ2) is 7.66. The summed E-state index contributed by atoms with van der Waals surface area (Å²) in [5.74, 6) is -0.888. The summed E-state index contributed by atoms with van der Waals surface area (Å²) in [5, 5.41) is 16.0. The number of carbonyl (C=O) groups is 2. The lowest BCUT2D eigenvalue weighted by atomic mass is 10.0. The van der Waals surface area contributed by atoms with Crippen LogP contribution in [0, 0.1) is 0 Å². The van der Waals surface area contributed by atoms with E-state index in [0.29, 0.717) is 26.2 Å². The van der Waals surface area contributed by atoms with Crippen LogP contribution in [0.15, 0.2) is 35.5 Å². The van der Waals surface area contributed by atoms with Gasteiger partial charge in [0.2, 0.25) is 5.82 Å². The van der Waals surface area contributed by atoms with E-state index < -0.39 is 12.0 Å². The molecule has 0 spiro atoms. The minimum atomic E-state index is -0.878. The summed E-state index contributed by atoms with van der Waals surface area (Å²) in [4.78, 5) is 32.6. The molecule has 1 aliphatic rings. The summed E-state index contributed by atoms with van der Waals surface area (Å²) in [6, 6.07) is 6.83. The molecule has 1 fully saturated rings. The third kappa shape index (κ3) is 3.67. The van der Waals surface area contributed by atoms with E-state index in [-0.39, 0.29) is 11.7 Å². The monoisotopic (exact) mass is 361 g/mol. The maximum absolute atomic E-state index is 12.3. The molecule has 8 nitrogen and oxygen atoms in total. The maximum atomic E-state index is 12.3. The van der Waals surface area contributed by atoms with Crippen LogP contribution in [0.3, 0.4) is 0 Å². The van der Waals surface area contributed by atoms with Gasteiger partial charge in [0.05, 0.1) is 0 Å². The molecule has 132 valence electrons. The molecule has 2 aromatic rings. The number of rotatable bonds is 5. The molecule has 1 aliphatic heterocycles. The van der Waals surface area contributed by atoms with E-state index in [1.54, 1.807) is 4.90 Å². The third-order valence-corrected chi connectivity index (χ3v) is 5.06. The van der Waals surface area contributed by atoms with E-state index in [1.165, 1.54) is 18.1 Å². The van der Waals surface area contributed by atoms with E-state index in [1.807, 2.05) is 35.4 Å². The lowest BCUT2D eigenvalue weighted by Gasteiger charge is -2.37. The van der Waals surface area contributed by atoms with Crippen molar-refractivity contribution in [3.63, 3.8) is 0 Å². The van der Waals surface area contributed by atoms with Gasteiger partial charge in [-0.2, -0.15) is 5.10 Å². The van der Waals surface area contributed by atoms with Crippen LogP contribution in [0.1, 0.15) is 22.2 Å². The maximum Gasteiger partial charge on any atom is 0.325 e. The molecule has 25 heavy (non-hydrogen) atoms. The van der Waals surface area contributed by atoms with E-state index in [9.17, 15) is 14.7 Å². The Morgan fingerprint density at radius 3 is 2.56 bits per heavy atom. The summed E-state index contributed by atoms with van der Waals surface area (Å²) in [7, 11) is 0. The number of amides is 1. The van der Waals surface area contributed by atoms with E-state index >= 15 is 0 Å². The second-order valence-corrected chi connectivity index (χ2v) is 6.49. The van der Waals surface area contributed by atoms with Gasteiger partial charge < -0.3 is 10.0 Å². The van der Waals surface area contributed by atoms with Crippen molar-refractivity contribution in [1.29, 1.82) is 0 Å². The smallest absolute Gasteiger partial charge is 0.325 e. The minimum Gasteiger partial charge on any atom is -0.480 e. The highest BCUT2D eigenvalue weighted by molar-refractivity contribution is 7.98. The number of nitrogens with one attached hydrogen (secondary N) is 1. The Labute approximate surface area is 149 Å². The van der Waals surface area contributed by atoms with Crippen LogP contribution >= 0.6 is 11.8 Å². The van der Waals surface area contributed by atoms with Gasteiger partial charge in [-0.05, 0) is 17.9 Å². The Balaban J connectivity index is 1.73. The average Bonchev–Trinajstić information content (AvgIpc) is 3.17. The zero-order valence-electron chi connectivity index (χ0n) is 13.8. The normalized spacial score (nSPS) is 16.6. The third-order valence-electron chi connectivity index (χ3n) is 4.25. The molecule has 1 aromatic carbocycles. The van der Waals surface area contributed by atoms with Crippen LogP contribution in [0.2, 0.25) is 0 Å². The van der Waals surface area contributed by atoms with Gasteiger partial charge in [-0.3, -0.25) is 19.6 Å². The van der Waals surface area contributed by atoms with Crippen LogP contribution in [-0.2, 0) is 4.79 Å². The van der Waals surface area contributed by atoms with Crippen molar-refractivity contribution < 1.29 is 14.7 Å². The predicted octanol–water partition coefficient (Wildman–Crippen LogP) is 1.11. The molecule has 2 N–H and O–H groups in total. The Morgan fingerprint density at radius 1 is 1.24 bits per heavy atom. The zero-order chi connectivity index (χ0) is 17.8. The summed E-state index contributed by atoms with van der Waals surface area (Å²) in [6.07, 6.45) is 3.23. The van der Waals surface area contributed by atoms with Crippen LogP contribution in [0.4, 0.5) is 0 Å². The Morgan fingerprint density at radius 2 is 1.96 bits per heavy atom. The molecule has 0 saturated carbocycles. The molecule has 9 heteroatoms. The molecule has 0 aliphatic carbocycles. The topological polar surface area (TPSA) is 102 Å². The molecular formula is C16H19N5O3S. The number of benzene rings is 1. The van der Waals surface area contributed by atoms with Crippen LogP contribution in [0.25, 0.3) is 0 Å². The first-order chi connectivity index (χ1) is 12.1. The fourth-order valence-corrected chi connectivity index (χ4v) is 3.65. The molecule has 1 amide bonds. The number of aromatic nitrogens is 3. The number of hydrogen-bond acceptors (Lipinski definition) is 6. The van der Waals surface area contributed by atoms with Crippen molar-refractivity contribution in [2.45, 2.75) is 10.9 Å². The fourth-order valence-electron chi connectivity index (χ4n) is 3.02. The average molecular weight is 361 g/mol. The number of H-pyrrole nitrogens is 1. The van der Waals surface area contributed by atoms with Gasteiger partial charge in [-0.25, -0.2) is 4.98 Å². The highest BCUT2D eigenvalue weighted by Crippen LogP contribution is 2.30. The highest BCUT2D eigenvalue weighted by atomic mass is 32.2. The van der Waals surface area contributed by atoms with Crippen molar-refractivity contribution in [1.82, 2.24) is 25.0 Å². The number of nitrogens with zero attached hydrogens (tertiary/aromatic N) is 4. The van der Waals surface area contributed by atoms with Crippen molar-refractivity contribution in [3.8, 4) is 0 Å². The molecular weight excluding hydrogens is 342 g/mol. The van der Waals surface area contributed by atoms with Gasteiger partial charge in [0.1, 0.15) is 12.4 Å². The predicted molar refractivity (Wildman–Crippen MR) is 92.5 cm³/mol. The number of carbonyl (C=O) groups excluding carboxylic acids is 1. The Kier molecular flexibility index (Phi) is 5.34. The lowest BCUT2D eigenvalue weighted by molar-refractivity contribution is -0.144. The van der Waals surface area contributed by atoms with Crippen molar-refractivity contribution >= 4 is 23.6 Å². The van der Waals surface area contributed by atoms with Gasteiger partial charge in [0.15, 0.2) is 0 Å². The standard InChI is InChI=1S/C16H19N5O3S/c1-25-12-5-3-2-4-11(12)13(16(23)24)20-6-8-21(9-7-20)15(22)14-17-10-18-19-14/h2-5,10,13H,6-9H2,1H3,(H,23,24)(H,17,18,19). The number of aliphatic carboxylic acids is 1. The molecule has 2 heterocycles. The van der Waals surface area contributed by atoms with Gasteiger partial charge in [0, 0.05) is 31.1 Å². The van der Waals surface area contributed by atoms with E-state index in [0.717, 1.165) is 10.5 Å². The van der Waals surface area contributed by atoms with Gasteiger partial charge in [-0.1, -0.05) is 18.2 Å². The van der Waals surface area contributed by atoms with Crippen LogP contribution < -0.4 is 0 Å². The minimum absolute atomic E-state index is 0.205. The van der Waals surface area contributed by atoms with Crippen LogP contribution in [0.5, 0.6) is 0 Å². The van der Waals surface area contributed by atoms with E-state index in [2.05, 4.69) is 15.2 Å². The largest absolute Gasteiger partial charge is 0.480 e. The second-order valence-electron chi connectivity index (χ2n) is 5.64. The fraction of sp³-hybridized carbons (Fsp3) is 0.375. The van der Waals surface area contributed by atoms with Crippen molar-refractivity contribution in [3.05, 3.63) is 42.0 Å². The zero-order valence-corrected chi connectivity index (χ0v) is 14.6. The molecule has 1 atom stereocenters. The molecule has 1 saturated heterocycles. The Bertz CT molecular complexity index is 744. The number of carboxylic acids is 1. The van der Waals surface area contributed by atoms with Gasteiger partial charge in [0.25, 0.3) is 5.91 Å². The number of carboxylic acid groups (broad SMARTS) is 1. The molecule has 0 radical (unpaired) electrons. The van der Waals surface area contributed by atoms with Crippen molar-refractivity contribution in [2.24, 2.45) is 0 Å². The number of piperazine rings is 1. The Hall–Kier alpha value is -2.39.